The van der Waals surface area contributed by atoms with Gasteiger partial charge in [0.05, 0.1) is 22.5 Å². The van der Waals surface area contributed by atoms with Crippen LogP contribution in [-0.4, -0.2) is 28.5 Å². The summed E-state index contributed by atoms with van der Waals surface area (Å²) < 4.78 is 56.5. The molecule has 0 atom stereocenters. The summed E-state index contributed by atoms with van der Waals surface area (Å²) in [4.78, 5) is 4.43. The van der Waals surface area contributed by atoms with Crippen LogP contribution in [0.2, 0.25) is 0 Å². The van der Waals surface area contributed by atoms with E-state index in [4.69, 9.17) is 37.2 Å². The van der Waals surface area contributed by atoms with Crippen molar-refractivity contribution in [2.24, 2.45) is 0 Å². The Labute approximate surface area is 460 Å². The lowest BCUT2D eigenvalue weighted by Gasteiger charge is -2.42. The molecule has 8 aliphatic heterocycles. The third kappa shape index (κ3) is 5.80. The van der Waals surface area contributed by atoms with E-state index in [9.17, 15) is 0 Å². The predicted molar refractivity (Wildman–Crippen MR) is 315 cm³/mol. The lowest BCUT2D eigenvalue weighted by Crippen LogP contribution is -2.57. The highest BCUT2D eigenvalue weighted by molar-refractivity contribution is 6.76. The maximum absolute atomic E-state index is 7.21. The second-order valence-corrected chi connectivity index (χ2v) is 21.1. The van der Waals surface area contributed by atoms with E-state index in [1.165, 1.54) is 0 Å². The van der Waals surface area contributed by atoms with Gasteiger partial charge in [-0.25, -0.2) is 0 Å². The Balaban J connectivity index is 0.824. The van der Waals surface area contributed by atoms with Crippen molar-refractivity contribution in [1.29, 1.82) is 0 Å². The molecule has 19 rings (SSSR count). The average Bonchev–Trinajstić information content (AvgIpc) is 2.53. The van der Waals surface area contributed by atoms with Gasteiger partial charge in [0.15, 0.2) is 0 Å². The SMILES string of the molecule is c1ccc(N(c2ccccc2)c2cc3c4c(c2)OB2Oc5cc6c(cc5-c5cc7c(c-4c52)B(Oc2ccccc2-7)O3)-c2cc3c4c5c2B(O6)Oc2cc(N(c6ccccc6)c6ccccc6)cc(c2-5)OB4Oc2ccccc2-3)cc1. The largest absolute Gasteiger partial charge is 0.633 e. The molecule has 0 amide bonds. The molecule has 0 aliphatic carbocycles. The van der Waals surface area contributed by atoms with Crippen molar-refractivity contribution in [3.05, 3.63) is 218 Å². The maximum Gasteiger partial charge on any atom is 0.633 e. The van der Waals surface area contributed by atoms with Gasteiger partial charge in [0.25, 0.3) is 0 Å². The van der Waals surface area contributed by atoms with Crippen LogP contribution in [0.4, 0.5) is 34.1 Å². The van der Waals surface area contributed by atoms with Gasteiger partial charge in [-0.15, -0.1) is 0 Å². The van der Waals surface area contributed by atoms with Crippen LogP contribution in [0.15, 0.2) is 218 Å². The summed E-state index contributed by atoms with van der Waals surface area (Å²) in [6.45, 7) is 0. The van der Waals surface area contributed by atoms with Crippen LogP contribution >= 0.6 is 0 Å². The van der Waals surface area contributed by atoms with Crippen molar-refractivity contribution >= 4 is 84.4 Å². The summed E-state index contributed by atoms with van der Waals surface area (Å²) in [5.74, 6) is 5.37. The molecule has 0 saturated heterocycles. The zero-order valence-electron chi connectivity index (χ0n) is 42.3. The van der Waals surface area contributed by atoms with Crippen molar-refractivity contribution in [1.82, 2.24) is 0 Å². The zero-order valence-corrected chi connectivity index (χ0v) is 42.3. The van der Waals surface area contributed by atoms with Gasteiger partial charge in [0.1, 0.15) is 46.0 Å². The monoisotopic (exact) mass is 1030 g/mol. The second-order valence-electron chi connectivity index (χ2n) is 21.1. The van der Waals surface area contributed by atoms with Crippen LogP contribution in [0.5, 0.6) is 46.0 Å². The highest BCUT2D eigenvalue weighted by Crippen LogP contribution is 2.57. The summed E-state index contributed by atoms with van der Waals surface area (Å²) in [7, 11) is -3.10. The van der Waals surface area contributed by atoms with Crippen LogP contribution in [0.3, 0.4) is 0 Å². The Morgan fingerprint density at radius 2 is 0.475 bits per heavy atom. The van der Waals surface area contributed by atoms with Crippen LogP contribution in [0.25, 0.3) is 66.8 Å². The number of para-hydroxylation sites is 6. The molecule has 14 heteroatoms. The smallest absolute Gasteiger partial charge is 0.521 e. The Hall–Kier alpha value is -10.3. The molecule has 80 heavy (non-hydrogen) atoms. The van der Waals surface area contributed by atoms with E-state index in [0.29, 0.717) is 34.5 Å². The maximum atomic E-state index is 7.21. The van der Waals surface area contributed by atoms with Crippen molar-refractivity contribution in [3.8, 4) is 113 Å². The zero-order chi connectivity index (χ0) is 51.9. The molecule has 11 aromatic rings. The molecule has 370 valence electrons. The summed E-state index contributed by atoms with van der Waals surface area (Å²) in [6.07, 6.45) is 0. The summed E-state index contributed by atoms with van der Waals surface area (Å²) in [5, 5.41) is 0. The van der Waals surface area contributed by atoms with E-state index in [2.05, 4.69) is 125 Å². The fourth-order valence-corrected chi connectivity index (χ4v) is 13.6. The first-order chi connectivity index (χ1) is 39.6. The minimum Gasteiger partial charge on any atom is -0.521 e. The molecule has 0 bridgehead atoms. The molecule has 0 spiro atoms. The van der Waals surface area contributed by atoms with E-state index in [1.54, 1.807) is 0 Å². The molecule has 0 saturated carbocycles. The summed E-state index contributed by atoms with van der Waals surface area (Å²) in [6, 6.07) is 75.1. The van der Waals surface area contributed by atoms with E-state index >= 15 is 0 Å². The summed E-state index contributed by atoms with van der Waals surface area (Å²) in [5.41, 5.74) is 21.1. The standard InChI is InChI=1S/C66H36B4N2O8/c1-5-17-37(18-6-1)71(38-19-7-2-8-20-38)41-29-55-59-57(31-41)79-69-65-49(34-47-43-25-13-15-27-51(43)73-67(77-55)63(47)61(59)65)45-33-46-50-35-48-44-26-14-16-28-52(44)74-68-64(48)62-60-56(78-68)30-42(72(39-21-9-3-10-22-39)40-23-11-4-12-24-40)32-58(60)80-70(66(50)62)76-54(46)36-53(45)75-69/h1-36H. The Kier molecular flexibility index (Phi) is 8.38. The van der Waals surface area contributed by atoms with Gasteiger partial charge in [0.2, 0.25) is 0 Å². The molecule has 0 N–H and O–H groups in total. The number of hydrogen-bond donors (Lipinski definition) is 0. The lowest BCUT2D eigenvalue weighted by atomic mass is 9.56. The molecule has 0 fully saturated rings. The summed E-state index contributed by atoms with van der Waals surface area (Å²) >= 11 is 0. The van der Waals surface area contributed by atoms with Gasteiger partial charge in [-0.05, 0) is 112 Å². The number of nitrogens with zero attached hydrogens (tertiary/aromatic N) is 2. The Morgan fingerprint density at radius 1 is 0.200 bits per heavy atom. The minimum absolute atomic E-state index is 0.629. The number of fused-ring (bicyclic) bond motifs is 8. The van der Waals surface area contributed by atoms with Gasteiger partial charge in [-0.2, -0.15) is 0 Å². The van der Waals surface area contributed by atoms with Crippen LogP contribution in [0, 0.1) is 0 Å². The van der Waals surface area contributed by atoms with E-state index in [1.807, 2.05) is 103 Å². The van der Waals surface area contributed by atoms with Gasteiger partial charge in [0, 0.05) is 97.2 Å². The number of benzene rings is 11. The molecule has 8 aliphatic rings. The normalized spacial score (nSPS) is 14.2. The number of hydrogen-bond acceptors (Lipinski definition) is 10. The first-order valence-corrected chi connectivity index (χ1v) is 26.9. The van der Waals surface area contributed by atoms with Gasteiger partial charge < -0.3 is 47.0 Å². The van der Waals surface area contributed by atoms with E-state index < -0.39 is 28.5 Å². The Morgan fingerprint density at radius 3 is 0.825 bits per heavy atom. The molecule has 10 nitrogen and oxygen atoms in total. The molecular weight excluding hydrogens is 992 g/mol. The van der Waals surface area contributed by atoms with Crippen LogP contribution in [0.1, 0.15) is 0 Å². The average molecular weight is 1030 g/mol. The van der Waals surface area contributed by atoms with Crippen molar-refractivity contribution < 1.29 is 37.2 Å². The molecule has 11 aromatic carbocycles. The molecular formula is C66H36B4N2O8. The number of rotatable bonds is 6. The van der Waals surface area contributed by atoms with Crippen molar-refractivity contribution in [2.45, 2.75) is 0 Å². The molecule has 0 unspecified atom stereocenters. The topological polar surface area (TPSA) is 80.3 Å². The number of anilines is 6. The van der Waals surface area contributed by atoms with E-state index in [-0.39, 0.29) is 0 Å². The van der Waals surface area contributed by atoms with Gasteiger partial charge in [-0.1, -0.05) is 109 Å². The highest BCUT2D eigenvalue weighted by Gasteiger charge is 2.55. The first-order valence-electron chi connectivity index (χ1n) is 26.9. The minimum atomic E-state index is -0.822. The van der Waals surface area contributed by atoms with Crippen LogP contribution in [-0.2, 0) is 0 Å². The third-order valence-electron chi connectivity index (χ3n) is 16.8. The molecule has 0 radical (unpaired) electrons. The van der Waals surface area contributed by atoms with Crippen molar-refractivity contribution in [2.75, 3.05) is 9.80 Å². The van der Waals surface area contributed by atoms with Crippen LogP contribution < -0.4 is 68.9 Å². The fourth-order valence-electron chi connectivity index (χ4n) is 13.6. The van der Waals surface area contributed by atoms with E-state index in [0.717, 1.165) is 134 Å². The Bertz CT molecular complexity index is 4190. The molecule has 0 aromatic heterocycles. The van der Waals surface area contributed by atoms with Gasteiger partial charge >= 0.3 is 28.5 Å². The lowest BCUT2D eigenvalue weighted by molar-refractivity contribution is 0.416. The molecule has 8 heterocycles. The predicted octanol–water partition coefficient (Wildman–Crippen LogP) is 12.5. The second kappa shape index (κ2) is 15.7. The quantitative estimate of drug-likeness (QED) is 0.150. The first kappa shape index (κ1) is 42.8. The van der Waals surface area contributed by atoms with Gasteiger partial charge in [-0.3, -0.25) is 0 Å². The fraction of sp³-hybridized carbons (Fsp3) is 0. The third-order valence-corrected chi connectivity index (χ3v) is 16.8. The van der Waals surface area contributed by atoms with Crippen molar-refractivity contribution in [3.63, 3.8) is 0 Å². The highest BCUT2D eigenvalue weighted by atomic mass is 16.6.